The van der Waals surface area contributed by atoms with Crippen molar-refractivity contribution in [3.8, 4) is 0 Å². The first-order valence-corrected chi connectivity index (χ1v) is 7.41. The van der Waals surface area contributed by atoms with Gasteiger partial charge in [0, 0.05) is 25.7 Å². The van der Waals surface area contributed by atoms with Crippen molar-refractivity contribution in [2.45, 2.75) is 44.4 Å². The molecule has 1 unspecified atom stereocenters. The molecule has 3 nitrogen and oxygen atoms in total. The van der Waals surface area contributed by atoms with Crippen LogP contribution >= 0.6 is 0 Å². The van der Waals surface area contributed by atoms with Gasteiger partial charge in [-0.05, 0) is 43.9 Å². The first-order chi connectivity index (χ1) is 9.16. The van der Waals surface area contributed by atoms with Gasteiger partial charge >= 0.3 is 0 Å². The van der Waals surface area contributed by atoms with Crippen LogP contribution in [0.4, 0.5) is 0 Å². The maximum atomic E-state index is 10.1. The van der Waals surface area contributed by atoms with E-state index in [1.165, 1.54) is 17.5 Å². The largest absolute Gasteiger partial charge is 0.390 e. The van der Waals surface area contributed by atoms with Crippen LogP contribution < -0.4 is 5.32 Å². The lowest BCUT2D eigenvalue weighted by Gasteiger charge is -2.40. The molecule has 3 heteroatoms. The fourth-order valence-electron chi connectivity index (χ4n) is 3.33. The minimum absolute atomic E-state index is 0.459. The number of nitrogens with one attached hydrogen (secondary N) is 1. The maximum Gasteiger partial charge on any atom is 0.0644 e. The second-order valence-corrected chi connectivity index (χ2v) is 6.21. The number of likely N-dealkylation sites (tertiary alicyclic amines) is 1. The summed E-state index contributed by atoms with van der Waals surface area (Å²) in [7, 11) is 0. The Kier molecular flexibility index (Phi) is 3.61. The van der Waals surface area contributed by atoms with Crippen molar-refractivity contribution in [3.05, 3.63) is 35.4 Å². The Morgan fingerprint density at radius 3 is 2.79 bits per heavy atom. The van der Waals surface area contributed by atoms with Crippen molar-refractivity contribution < 1.29 is 5.11 Å². The Hall–Kier alpha value is -0.900. The van der Waals surface area contributed by atoms with Gasteiger partial charge in [0.15, 0.2) is 0 Å². The average molecular weight is 260 g/mol. The smallest absolute Gasteiger partial charge is 0.0644 e. The topological polar surface area (TPSA) is 35.5 Å². The van der Waals surface area contributed by atoms with E-state index in [2.05, 4.69) is 34.5 Å². The van der Waals surface area contributed by atoms with Crippen LogP contribution in [0.15, 0.2) is 24.3 Å². The van der Waals surface area contributed by atoms with Crippen LogP contribution in [-0.4, -0.2) is 35.2 Å². The normalized spacial score (nSPS) is 27.6. The summed E-state index contributed by atoms with van der Waals surface area (Å²) < 4.78 is 0. The molecule has 3 rings (SSSR count). The molecular weight excluding hydrogens is 236 g/mol. The standard InChI is InChI=1S/C16H24N2O/c1-16(19)7-10-18(11-8-16)15-6-9-17-12-13-4-2-3-5-14(13)15/h2-5,15,17,19H,6-12H2,1H3. The molecule has 2 aliphatic rings. The molecule has 2 N–H and O–H groups in total. The Morgan fingerprint density at radius 1 is 1.26 bits per heavy atom. The molecular formula is C16H24N2O. The second-order valence-electron chi connectivity index (χ2n) is 6.21. The van der Waals surface area contributed by atoms with Crippen LogP contribution in [0.5, 0.6) is 0 Å². The Morgan fingerprint density at radius 2 is 2.00 bits per heavy atom. The Labute approximate surface area is 115 Å². The Bertz CT molecular complexity index is 434. The molecule has 0 aromatic heterocycles. The summed E-state index contributed by atoms with van der Waals surface area (Å²) in [5.74, 6) is 0. The van der Waals surface area contributed by atoms with E-state index in [4.69, 9.17) is 0 Å². The van der Waals surface area contributed by atoms with Crippen LogP contribution in [0.2, 0.25) is 0 Å². The monoisotopic (exact) mass is 260 g/mol. The van der Waals surface area contributed by atoms with Crippen LogP contribution in [0.3, 0.4) is 0 Å². The first-order valence-electron chi connectivity index (χ1n) is 7.41. The molecule has 0 spiro atoms. The van der Waals surface area contributed by atoms with E-state index in [1.54, 1.807) is 0 Å². The average Bonchev–Trinajstić information content (AvgIpc) is 2.61. The van der Waals surface area contributed by atoms with Crippen molar-refractivity contribution in [2.24, 2.45) is 0 Å². The highest BCUT2D eigenvalue weighted by atomic mass is 16.3. The predicted octanol–water partition coefficient (Wildman–Crippen LogP) is 2.07. The van der Waals surface area contributed by atoms with Crippen LogP contribution in [0.1, 0.15) is 43.4 Å². The number of rotatable bonds is 1. The zero-order chi connectivity index (χ0) is 13.3. The fraction of sp³-hybridized carbons (Fsp3) is 0.625. The molecule has 1 saturated heterocycles. The highest BCUT2D eigenvalue weighted by molar-refractivity contribution is 5.31. The van der Waals surface area contributed by atoms with Crippen LogP contribution in [0, 0.1) is 0 Å². The van der Waals surface area contributed by atoms with Gasteiger partial charge in [0.05, 0.1) is 5.60 Å². The van der Waals surface area contributed by atoms with Crippen molar-refractivity contribution in [1.82, 2.24) is 10.2 Å². The lowest BCUT2D eigenvalue weighted by Crippen LogP contribution is -2.44. The van der Waals surface area contributed by atoms with Gasteiger partial charge in [-0.25, -0.2) is 0 Å². The first kappa shape index (κ1) is 13.1. The molecule has 0 radical (unpaired) electrons. The highest BCUT2D eigenvalue weighted by Crippen LogP contribution is 2.33. The Balaban J connectivity index is 1.81. The fourth-order valence-corrected chi connectivity index (χ4v) is 3.33. The molecule has 2 aliphatic heterocycles. The third-order valence-corrected chi connectivity index (χ3v) is 4.64. The van der Waals surface area contributed by atoms with Gasteiger partial charge in [0.1, 0.15) is 0 Å². The minimum Gasteiger partial charge on any atom is -0.390 e. The van der Waals surface area contributed by atoms with Crippen molar-refractivity contribution in [1.29, 1.82) is 0 Å². The zero-order valence-corrected chi connectivity index (χ0v) is 11.7. The summed E-state index contributed by atoms with van der Waals surface area (Å²) in [6, 6.07) is 9.31. The molecule has 19 heavy (non-hydrogen) atoms. The summed E-state index contributed by atoms with van der Waals surface area (Å²) in [4.78, 5) is 2.56. The summed E-state index contributed by atoms with van der Waals surface area (Å²) in [5.41, 5.74) is 2.45. The van der Waals surface area contributed by atoms with Gasteiger partial charge in [0.25, 0.3) is 0 Å². The molecule has 0 aliphatic carbocycles. The van der Waals surface area contributed by atoms with Gasteiger partial charge in [-0.2, -0.15) is 0 Å². The number of benzene rings is 1. The molecule has 1 fully saturated rings. The van der Waals surface area contributed by atoms with E-state index in [9.17, 15) is 5.11 Å². The van der Waals surface area contributed by atoms with Crippen molar-refractivity contribution in [3.63, 3.8) is 0 Å². The molecule has 0 amide bonds. The van der Waals surface area contributed by atoms with E-state index < -0.39 is 5.60 Å². The highest BCUT2D eigenvalue weighted by Gasteiger charge is 2.32. The number of piperidine rings is 1. The molecule has 2 heterocycles. The van der Waals surface area contributed by atoms with Crippen LogP contribution in [-0.2, 0) is 6.54 Å². The third-order valence-electron chi connectivity index (χ3n) is 4.64. The van der Waals surface area contributed by atoms with Crippen molar-refractivity contribution in [2.75, 3.05) is 19.6 Å². The van der Waals surface area contributed by atoms with E-state index in [0.29, 0.717) is 6.04 Å². The van der Waals surface area contributed by atoms with Gasteiger partial charge < -0.3 is 10.4 Å². The van der Waals surface area contributed by atoms with Crippen molar-refractivity contribution >= 4 is 0 Å². The molecule has 104 valence electrons. The number of hydrogen-bond acceptors (Lipinski definition) is 3. The predicted molar refractivity (Wildman–Crippen MR) is 76.9 cm³/mol. The summed E-state index contributed by atoms with van der Waals surface area (Å²) >= 11 is 0. The third kappa shape index (κ3) is 2.83. The lowest BCUT2D eigenvalue weighted by molar-refractivity contribution is -0.0176. The van der Waals surface area contributed by atoms with E-state index in [-0.39, 0.29) is 0 Å². The second kappa shape index (κ2) is 5.23. The number of fused-ring (bicyclic) bond motifs is 1. The molecule has 1 atom stereocenters. The minimum atomic E-state index is -0.459. The lowest BCUT2D eigenvalue weighted by atomic mass is 9.90. The van der Waals surface area contributed by atoms with Gasteiger partial charge in [-0.3, -0.25) is 4.90 Å². The van der Waals surface area contributed by atoms with Crippen LogP contribution in [0.25, 0.3) is 0 Å². The van der Waals surface area contributed by atoms with Gasteiger partial charge in [-0.15, -0.1) is 0 Å². The quantitative estimate of drug-likeness (QED) is 0.811. The van der Waals surface area contributed by atoms with E-state index in [1.807, 2.05) is 6.92 Å². The maximum absolute atomic E-state index is 10.1. The zero-order valence-electron chi connectivity index (χ0n) is 11.7. The number of aliphatic hydroxyl groups is 1. The van der Waals surface area contributed by atoms with E-state index >= 15 is 0 Å². The SMILES string of the molecule is CC1(O)CCN(C2CCNCc3ccccc32)CC1. The summed E-state index contributed by atoms with van der Waals surface area (Å²) in [5, 5.41) is 13.6. The number of hydrogen-bond donors (Lipinski definition) is 2. The molecule has 1 aromatic rings. The molecule has 0 bridgehead atoms. The summed E-state index contributed by atoms with van der Waals surface area (Å²) in [6.07, 6.45) is 2.94. The molecule has 1 aromatic carbocycles. The summed E-state index contributed by atoms with van der Waals surface area (Å²) in [6.45, 7) is 6.04. The molecule has 0 saturated carbocycles. The van der Waals surface area contributed by atoms with Gasteiger partial charge in [0.2, 0.25) is 0 Å². The van der Waals surface area contributed by atoms with E-state index in [0.717, 1.165) is 39.0 Å². The number of nitrogens with zero attached hydrogens (tertiary/aromatic N) is 1. The van der Waals surface area contributed by atoms with Gasteiger partial charge in [-0.1, -0.05) is 24.3 Å².